The number of ether oxygens (including phenoxy) is 2. The first-order valence-corrected chi connectivity index (χ1v) is 12.4. The number of hydrogen-bond donors (Lipinski definition) is 1. The number of aromatic nitrogens is 3. The summed E-state index contributed by atoms with van der Waals surface area (Å²) in [6.45, 7) is 0.744. The van der Waals surface area contributed by atoms with Gasteiger partial charge in [-0.05, 0) is 60.9 Å². The Morgan fingerprint density at radius 3 is 2.79 bits per heavy atom. The van der Waals surface area contributed by atoms with Crippen LogP contribution in [0.1, 0.15) is 24.4 Å². The van der Waals surface area contributed by atoms with E-state index in [1.165, 1.54) is 34.9 Å². The second kappa shape index (κ2) is 11.4. The highest BCUT2D eigenvalue weighted by molar-refractivity contribution is 6.01. The molecule has 0 spiro atoms. The largest absolute Gasteiger partial charge is 0.497 e. The molecule has 196 valence electrons. The second-order valence-corrected chi connectivity index (χ2v) is 9.04. The van der Waals surface area contributed by atoms with Crippen molar-refractivity contribution in [3.63, 3.8) is 0 Å². The number of carbonyl (C=O) groups is 2. The molecule has 0 aliphatic carbocycles. The van der Waals surface area contributed by atoms with Crippen molar-refractivity contribution in [2.75, 3.05) is 25.2 Å². The highest BCUT2D eigenvalue weighted by Crippen LogP contribution is 2.31. The molecule has 1 aromatic heterocycles. The summed E-state index contributed by atoms with van der Waals surface area (Å²) in [5, 5.41) is 11.2. The number of rotatable bonds is 9. The number of anilines is 1. The highest BCUT2D eigenvalue weighted by Gasteiger charge is 2.34. The van der Waals surface area contributed by atoms with Gasteiger partial charge in [0.1, 0.15) is 29.7 Å². The van der Waals surface area contributed by atoms with Gasteiger partial charge in [-0.25, -0.2) is 9.07 Å². The third-order valence-electron chi connectivity index (χ3n) is 6.50. The van der Waals surface area contributed by atoms with Crippen LogP contribution >= 0.6 is 0 Å². The zero-order chi connectivity index (χ0) is 26.5. The Balaban J connectivity index is 1.55. The predicted molar refractivity (Wildman–Crippen MR) is 139 cm³/mol. The minimum atomic E-state index is -1.12. The number of methoxy groups -OCH3 is 1. The molecule has 10 heteroatoms. The molecule has 4 aromatic rings. The molecule has 38 heavy (non-hydrogen) atoms. The van der Waals surface area contributed by atoms with Gasteiger partial charge < -0.3 is 14.8 Å². The number of fused-ring (bicyclic) bond motifs is 1. The number of halogens is 1. The Hall–Kier alpha value is -4.31. The van der Waals surface area contributed by atoms with E-state index in [0.717, 1.165) is 12.8 Å². The third-order valence-corrected chi connectivity index (χ3v) is 6.50. The fraction of sp³-hybridized carbons (Fsp3) is 0.286. The van der Waals surface area contributed by atoms with E-state index in [1.807, 2.05) is 18.2 Å². The number of nitrogens with zero attached hydrogens (tertiary/aromatic N) is 4. The van der Waals surface area contributed by atoms with Gasteiger partial charge in [0.25, 0.3) is 0 Å². The molecule has 1 aliphatic rings. The van der Waals surface area contributed by atoms with Crippen LogP contribution < -0.4 is 15.0 Å². The van der Waals surface area contributed by atoms with Crippen molar-refractivity contribution in [1.29, 1.82) is 0 Å². The number of hydrogen-bond acceptors (Lipinski definition) is 6. The molecular weight excluding hydrogens is 489 g/mol. The highest BCUT2D eigenvalue weighted by atomic mass is 19.1. The quantitative estimate of drug-likeness (QED) is 0.364. The summed E-state index contributed by atoms with van der Waals surface area (Å²) in [7, 11) is 1.52. The van der Waals surface area contributed by atoms with Crippen LogP contribution in [0.15, 0.2) is 72.8 Å². The fourth-order valence-corrected chi connectivity index (χ4v) is 4.65. The first-order valence-electron chi connectivity index (χ1n) is 12.4. The van der Waals surface area contributed by atoms with E-state index in [4.69, 9.17) is 9.47 Å². The number of nitrogens with one attached hydrogen (secondary N) is 1. The summed E-state index contributed by atoms with van der Waals surface area (Å²) in [4.78, 5) is 29.1. The number of amides is 2. The minimum absolute atomic E-state index is 0.0928. The third kappa shape index (κ3) is 5.50. The van der Waals surface area contributed by atoms with Crippen molar-refractivity contribution in [2.45, 2.75) is 31.5 Å². The molecule has 3 aromatic carbocycles. The Labute approximate surface area is 219 Å². The molecule has 9 nitrogen and oxygen atoms in total. The molecular formula is C28H28FN5O4. The maximum Gasteiger partial charge on any atom is 0.249 e. The van der Waals surface area contributed by atoms with Gasteiger partial charge in [0, 0.05) is 18.8 Å². The number of benzene rings is 3. The standard InChI is InChI=1S/C28H28FN5O4/c1-37-22-10-4-7-19(15-22)27(28(36)30-17-23-11-6-14-38-23)34(21-9-5-8-20(29)16-21)26(35)18-33-25-13-3-2-12-24(25)31-32-33/h2-5,7-10,12-13,15-16,23,27H,6,11,14,17-18H2,1H3,(H,30,36). The van der Waals surface area contributed by atoms with Crippen LogP contribution in [-0.4, -0.2) is 53.2 Å². The molecule has 0 bridgehead atoms. The molecule has 2 atom stereocenters. The summed E-state index contributed by atoms with van der Waals surface area (Å²) in [6, 6.07) is 18.7. The van der Waals surface area contributed by atoms with Gasteiger partial charge in [-0.2, -0.15) is 0 Å². The molecule has 5 rings (SSSR count). The van der Waals surface area contributed by atoms with E-state index in [-0.39, 0.29) is 18.3 Å². The zero-order valence-electron chi connectivity index (χ0n) is 20.9. The van der Waals surface area contributed by atoms with Gasteiger partial charge in [0.15, 0.2) is 0 Å². The van der Waals surface area contributed by atoms with Crippen LogP contribution in [0.3, 0.4) is 0 Å². The van der Waals surface area contributed by atoms with Crippen molar-refractivity contribution in [3.8, 4) is 5.75 Å². The Morgan fingerprint density at radius 2 is 2.00 bits per heavy atom. The van der Waals surface area contributed by atoms with Crippen LogP contribution in [0.4, 0.5) is 10.1 Å². The molecule has 1 aliphatic heterocycles. The molecule has 0 radical (unpaired) electrons. The molecule has 1 fully saturated rings. The van der Waals surface area contributed by atoms with Crippen molar-refractivity contribution < 1.29 is 23.5 Å². The lowest BCUT2D eigenvalue weighted by Gasteiger charge is -2.32. The summed E-state index contributed by atoms with van der Waals surface area (Å²) >= 11 is 0. The van der Waals surface area contributed by atoms with Crippen LogP contribution in [0.5, 0.6) is 5.75 Å². The molecule has 2 unspecified atom stereocenters. The monoisotopic (exact) mass is 517 g/mol. The van der Waals surface area contributed by atoms with E-state index in [0.29, 0.717) is 35.5 Å². The van der Waals surface area contributed by atoms with E-state index in [1.54, 1.807) is 36.4 Å². The minimum Gasteiger partial charge on any atom is -0.497 e. The Morgan fingerprint density at radius 1 is 1.16 bits per heavy atom. The van der Waals surface area contributed by atoms with Crippen molar-refractivity contribution in [1.82, 2.24) is 20.3 Å². The smallest absolute Gasteiger partial charge is 0.249 e. The van der Waals surface area contributed by atoms with E-state index < -0.39 is 23.7 Å². The number of para-hydroxylation sites is 1. The van der Waals surface area contributed by atoms with Crippen LogP contribution in [0.25, 0.3) is 11.0 Å². The van der Waals surface area contributed by atoms with Crippen molar-refractivity contribution in [2.24, 2.45) is 0 Å². The second-order valence-electron chi connectivity index (χ2n) is 9.04. The van der Waals surface area contributed by atoms with Crippen LogP contribution in [0, 0.1) is 5.82 Å². The molecule has 2 heterocycles. The van der Waals surface area contributed by atoms with Gasteiger partial charge in [-0.3, -0.25) is 14.5 Å². The van der Waals surface area contributed by atoms with E-state index in [9.17, 15) is 14.0 Å². The Bertz CT molecular complexity index is 1440. The van der Waals surface area contributed by atoms with Gasteiger partial charge in [0.2, 0.25) is 11.8 Å². The summed E-state index contributed by atoms with van der Waals surface area (Å²) < 4.78 is 26.9. The summed E-state index contributed by atoms with van der Waals surface area (Å²) in [5.74, 6) is -0.898. The predicted octanol–water partition coefficient (Wildman–Crippen LogP) is 3.65. The lowest BCUT2D eigenvalue weighted by atomic mass is 10.0. The van der Waals surface area contributed by atoms with Crippen LogP contribution in [-0.2, 0) is 20.9 Å². The maximum absolute atomic E-state index is 14.4. The maximum atomic E-state index is 14.4. The molecule has 2 amide bonds. The van der Waals surface area contributed by atoms with Crippen molar-refractivity contribution >= 4 is 28.5 Å². The van der Waals surface area contributed by atoms with Crippen LogP contribution in [0.2, 0.25) is 0 Å². The number of carbonyl (C=O) groups excluding carboxylic acids is 2. The van der Waals surface area contributed by atoms with Gasteiger partial charge in [-0.15, -0.1) is 5.10 Å². The van der Waals surface area contributed by atoms with Gasteiger partial charge >= 0.3 is 0 Å². The zero-order valence-corrected chi connectivity index (χ0v) is 20.9. The lowest BCUT2D eigenvalue weighted by Crippen LogP contribution is -2.46. The van der Waals surface area contributed by atoms with E-state index in [2.05, 4.69) is 15.6 Å². The first kappa shape index (κ1) is 25.3. The normalized spacial score (nSPS) is 15.8. The SMILES string of the molecule is COc1cccc(C(C(=O)NCC2CCCO2)N(C(=O)Cn2nnc3ccccc32)c2cccc(F)c2)c1. The van der Waals surface area contributed by atoms with Gasteiger partial charge in [0.05, 0.1) is 18.7 Å². The average molecular weight is 518 g/mol. The molecule has 1 N–H and O–H groups in total. The Kier molecular flexibility index (Phi) is 7.60. The first-order chi connectivity index (χ1) is 18.5. The fourth-order valence-electron chi connectivity index (χ4n) is 4.65. The topological polar surface area (TPSA) is 98.6 Å². The average Bonchev–Trinajstić information content (AvgIpc) is 3.60. The summed E-state index contributed by atoms with van der Waals surface area (Å²) in [5.41, 5.74) is 2.05. The lowest BCUT2D eigenvalue weighted by molar-refractivity contribution is -0.127. The van der Waals surface area contributed by atoms with E-state index >= 15 is 0 Å². The van der Waals surface area contributed by atoms with Crippen molar-refractivity contribution in [3.05, 3.63) is 84.2 Å². The van der Waals surface area contributed by atoms with Gasteiger partial charge in [-0.1, -0.05) is 35.5 Å². The molecule has 0 saturated carbocycles. The summed E-state index contributed by atoms with van der Waals surface area (Å²) in [6.07, 6.45) is 1.68. The molecule has 1 saturated heterocycles.